The molecule has 1 fully saturated rings. The fraction of sp³-hybridized carbons (Fsp3) is 0.667. The van der Waals surface area contributed by atoms with E-state index in [-0.39, 0.29) is 0 Å². The van der Waals surface area contributed by atoms with Gasteiger partial charge in [0, 0.05) is 19.0 Å². The Kier molecular flexibility index (Phi) is 5.24. The van der Waals surface area contributed by atoms with Gasteiger partial charge in [-0.2, -0.15) is 11.3 Å². The molecule has 0 unspecified atom stereocenters. The second-order valence-corrected chi connectivity index (χ2v) is 5.88. The van der Waals surface area contributed by atoms with Gasteiger partial charge in [-0.15, -0.1) is 0 Å². The predicted molar refractivity (Wildman–Crippen MR) is 76.9 cm³/mol. The van der Waals surface area contributed by atoms with Gasteiger partial charge in [0.25, 0.3) is 0 Å². The lowest BCUT2D eigenvalue weighted by atomic mass is 9.94. The number of carbonyl (C=O) groups excluding carboxylic acids is 1. The molecule has 1 heterocycles. The molecule has 1 amide bonds. The zero-order chi connectivity index (χ0) is 12.8. The minimum absolute atomic E-state index is 0.343. The van der Waals surface area contributed by atoms with Gasteiger partial charge in [-0.1, -0.05) is 19.3 Å². The molecule has 2 rings (SSSR count). The van der Waals surface area contributed by atoms with Crippen molar-refractivity contribution in [2.24, 2.45) is 0 Å². The van der Waals surface area contributed by atoms with E-state index in [0.29, 0.717) is 18.4 Å². The van der Waals surface area contributed by atoms with Gasteiger partial charge >= 0.3 is 0 Å². The minimum atomic E-state index is 0.343. The summed E-state index contributed by atoms with van der Waals surface area (Å²) in [6.07, 6.45) is 7.90. The molecule has 1 aliphatic rings. The third kappa shape index (κ3) is 3.58. The molecule has 0 N–H and O–H groups in total. The Morgan fingerprint density at radius 3 is 2.78 bits per heavy atom. The highest BCUT2D eigenvalue weighted by Crippen LogP contribution is 2.23. The summed E-state index contributed by atoms with van der Waals surface area (Å²) in [6.45, 7) is 2.98. The minimum Gasteiger partial charge on any atom is -0.340 e. The van der Waals surface area contributed by atoms with Crippen molar-refractivity contribution in [3.63, 3.8) is 0 Å². The third-order valence-electron chi connectivity index (χ3n) is 3.88. The van der Waals surface area contributed by atoms with Gasteiger partial charge in [-0.05, 0) is 48.6 Å². The zero-order valence-corrected chi connectivity index (χ0v) is 12.0. The lowest BCUT2D eigenvalue weighted by Crippen LogP contribution is -2.41. The highest BCUT2D eigenvalue weighted by Gasteiger charge is 2.23. The van der Waals surface area contributed by atoms with E-state index in [9.17, 15) is 4.79 Å². The van der Waals surface area contributed by atoms with Crippen LogP contribution in [-0.4, -0.2) is 23.4 Å². The van der Waals surface area contributed by atoms with Crippen molar-refractivity contribution in [3.8, 4) is 0 Å². The van der Waals surface area contributed by atoms with Gasteiger partial charge in [-0.3, -0.25) is 4.79 Å². The normalized spacial score (nSPS) is 16.7. The van der Waals surface area contributed by atoms with Gasteiger partial charge in [0.1, 0.15) is 0 Å². The number of rotatable bonds is 5. The van der Waals surface area contributed by atoms with E-state index in [1.807, 2.05) is 0 Å². The summed E-state index contributed by atoms with van der Waals surface area (Å²) in [5.41, 5.74) is 1.30. The van der Waals surface area contributed by atoms with E-state index in [1.165, 1.54) is 37.7 Å². The molecule has 1 aromatic rings. The maximum atomic E-state index is 12.3. The van der Waals surface area contributed by atoms with E-state index in [2.05, 4.69) is 28.7 Å². The molecule has 0 radical (unpaired) electrons. The van der Waals surface area contributed by atoms with Crippen LogP contribution in [0.1, 0.15) is 51.0 Å². The van der Waals surface area contributed by atoms with Crippen molar-refractivity contribution in [2.75, 3.05) is 6.54 Å². The van der Waals surface area contributed by atoms with Crippen molar-refractivity contribution >= 4 is 17.2 Å². The van der Waals surface area contributed by atoms with Crippen molar-refractivity contribution in [2.45, 2.75) is 57.9 Å². The van der Waals surface area contributed by atoms with Crippen LogP contribution in [0.3, 0.4) is 0 Å². The number of carbonyl (C=O) groups is 1. The van der Waals surface area contributed by atoms with E-state index in [0.717, 1.165) is 13.0 Å². The number of hydrogen-bond donors (Lipinski definition) is 0. The molecule has 0 atom stereocenters. The number of nitrogens with zero attached hydrogens (tertiary/aromatic N) is 1. The SMILES string of the molecule is CCN(C(=O)CCc1ccsc1)C1CCCCC1. The Balaban J connectivity index is 1.84. The first kappa shape index (κ1) is 13.6. The van der Waals surface area contributed by atoms with Crippen LogP contribution in [0.5, 0.6) is 0 Å². The topological polar surface area (TPSA) is 20.3 Å². The molecule has 100 valence electrons. The first-order valence-corrected chi connectivity index (χ1v) is 8.06. The Bertz CT molecular complexity index is 355. The predicted octanol–water partition coefficient (Wildman–Crippen LogP) is 3.86. The number of thiophene rings is 1. The molecule has 0 bridgehead atoms. The summed E-state index contributed by atoms with van der Waals surface area (Å²) < 4.78 is 0. The van der Waals surface area contributed by atoms with Crippen molar-refractivity contribution in [1.29, 1.82) is 0 Å². The second-order valence-electron chi connectivity index (χ2n) is 5.10. The maximum Gasteiger partial charge on any atom is 0.223 e. The van der Waals surface area contributed by atoms with Crippen molar-refractivity contribution in [1.82, 2.24) is 4.90 Å². The van der Waals surface area contributed by atoms with Gasteiger partial charge in [0.05, 0.1) is 0 Å². The van der Waals surface area contributed by atoms with Crippen LogP contribution >= 0.6 is 11.3 Å². The summed E-state index contributed by atoms with van der Waals surface area (Å²) in [6, 6.07) is 2.63. The van der Waals surface area contributed by atoms with E-state index < -0.39 is 0 Å². The lowest BCUT2D eigenvalue weighted by Gasteiger charge is -2.33. The van der Waals surface area contributed by atoms with Gasteiger partial charge in [0.15, 0.2) is 0 Å². The molecule has 0 aliphatic heterocycles. The first-order valence-electron chi connectivity index (χ1n) is 7.11. The quantitative estimate of drug-likeness (QED) is 0.791. The molecular weight excluding hydrogens is 242 g/mol. The average Bonchev–Trinajstić information content (AvgIpc) is 2.92. The van der Waals surface area contributed by atoms with Gasteiger partial charge in [-0.25, -0.2) is 0 Å². The molecule has 0 spiro atoms. The van der Waals surface area contributed by atoms with E-state index >= 15 is 0 Å². The smallest absolute Gasteiger partial charge is 0.223 e. The van der Waals surface area contributed by atoms with E-state index in [4.69, 9.17) is 0 Å². The standard InChI is InChI=1S/C15H23NOS/c1-2-16(14-6-4-3-5-7-14)15(17)9-8-13-10-11-18-12-13/h10-12,14H,2-9H2,1H3. The van der Waals surface area contributed by atoms with Crippen molar-refractivity contribution in [3.05, 3.63) is 22.4 Å². The Labute approximate surface area is 114 Å². The Hall–Kier alpha value is -0.830. The molecule has 1 aliphatic carbocycles. The van der Waals surface area contributed by atoms with Crippen LogP contribution in [0.25, 0.3) is 0 Å². The van der Waals surface area contributed by atoms with Crippen LogP contribution in [0.4, 0.5) is 0 Å². The van der Waals surface area contributed by atoms with Crippen LogP contribution in [0, 0.1) is 0 Å². The molecule has 1 saturated carbocycles. The highest BCUT2D eigenvalue weighted by atomic mass is 32.1. The number of aryl methyl sites for hydroxylation is 1. The summed E-state index contributed by atoms with van der Waals surface area (Å²) in [5.74, 6) is 0.343. The molecular formula is C15H23NOS. The highest BCUT2D eigenvalue weighted by molar-refractivity contribution is 7.07. The molecule has 0 aromatic carbocycles. The first-order chi connectivity index (χ1) is 8.81. The fourth-order valence-corrected chi connectivity index (χ4v) is 3.56. The monoisotopic (exact) mass is 265 g/mol. The largest absolute Gasteiger partial charge is 0.340 e. The van der Waals surface area contributed by atoms with Gasteiger partial charge < -0.3 is 4.90 Å². The van der Waals surface area contributed by atoms with Gasteiger partial charge in [0.2, 0.25) is 5.91 Å². The fourth-order valence-electron chi connectivity index (χ4n) is 2.86. The van der Waals surface area contributed by atoms with Crippen molar-refractivity contribution < 1.29 is 4.79 Å². The summed E-state index contributed by atoms with van der Waals surface area (Å²) >= 11 is 1.71. The number of amides is 1. The molecule has 18 heavy (non-hydrogen) atoms. The molecule has 0 saturated heterocycles. The third-order valence-corrected chi connectivity index (χ3v) is 4.62. The van der Waals surface area contributed by atoms with Crippen LogP contribution in [0.2, 0.25) is 0 Å². The Morgan fingerprint density at radius 2 is 2.17 bits per heavy atom. The second kappa shape index (κ2) is 6.93. The number of hydrogen-bond acceptors (Lipinski definition) is 2. The van der Waals surface area contributed by atoms with Crippen LogP contribution in [0.15, 0.2) is 16.8 Å². The molecule has 3 heteroatoms. The summed E-state index contributed by atoms with van der Waals surface area (Å²) in [5, 5.41) is 4.22. The summed E-state index contributed by atoms with van der Waals surface area (Å²) in [4.78, 5) is 14.4. The summed E-state index contributed by atoms with van der Waals surface area (Å²) in [7, 11) is 0. The zero-order valence-electron chi connectivity index (χ0n) is 11.2. The average molecular weight is 265 g/mol. The van der Waals surface area contributed by atoms with E-state index in [1.54, 1.807) is 11.3 Å². The lowest BCUT2D eigenvalue weighted by molar-refractivity contribution is -0.133. The maximum absolute atomic E-state index is 12.3. The Morgan fingerprint density at radius 1 is 1.39 bits per heavy atom. The van der Waals surface area contributed by atoms with Crippen LogP contribution < -0.4 is 0 Å². The molecule has 1 aromatic heterocycles. The van der Waals surface area contributed by atoms with Crippen LogP contribution in [-0.2, 0) is 11.2 Å². The molecule has 2 nitrogen and oxygen atoms in total.